The molecule has 0 N–H and O–H groups in total. The van der Waals surface area contributed by atoms with Crippen molar-refractivity contribution >= 4 is 44.4 Å². The predicted octanol–water partition coefficient (Wildman–Crippen LogP) is 3.41. The SMILES string of the molecule is C[C@@H](c1ccccc1Cl)N1CCN(S(=O)(=O)c2cccc3nsnc23)CC1. The molecule has 1 aromatic heterocycles. The van der Waals surface area contributed by atoms with Gasteiger partial charge in [-0.15, -0.1) is 0 Å². The molecule has 1 fully saturated rings. The van der Waals surface area contributed by atoms with Crippen molar-refractivity contribution in [3.05, 3.63) is 53.1 Å². The van der Waals surface area contributed by atoms with Crippen LogP contribution in [0.4, 0.5) is 0 Å². The van der Waals surface area contributed by atoms with Crippen LogP contribution in [0.3, 0.4) is 0 Å². The fourth-order valence-corrected chi connectivity index (χ4v) is 5.94. The number of hydrogen-bond acceptors (Lipinski definition) is 6. The summed E-state index contributed by atoms with van der Waals surface area (Å²) in [7, 11) is -3.60. The standard InChI is InChI=1S/C18H19ClN4O2S2/c1-13(14-5-2-3-6-15(14)19)22-9-11-23(12-10-22)27(24,25)17-8-4-7-16-18(17)21-26-20-16/h2-8,13H,9-12H2,1H3/t13-/m0/s1. The Bertz CT molecular complexity index is 1060. The van der Waals surface area contributed by atoms with Crippen LogP contribution in [0, 0.1) is 0 Å². The molecule has 0 amide bonds. The van der Waals surface area contributed by atoms with Crippen molar-refractivity contribution in [3.63, 3.8) is 0 Å². The van der Waals surface area contributed by atoms with Gasteiger partial charge < -0.3 is 0 Å². The van der Waals surface area contributed by atoms with Crippen LogP contribution in [0.15, 0.2) is 47.4 Å². The van der Waals surface area contributed by atoms with E-state index in [9.17, 15) is 8.42 Å². The Hall–Kier alpha value is -1.58. The lowest BCUT2D eigenvalue weighted by atomic mass is 10.1. The maximum atomic E-state index is 13.1. The minimum Gasteiger partial charge on any atom is -0.294 e. The van der Waals surface area contributed by atoms with E-state index in [1.165, 1.54) is 4.31 Å². The zero-order chi connectivity index (χ0) is 19.0. The van der Waals surface area contributed by atoms with Crippen molar-refractivity contribution in [1.29, 1.82) is 0 Å². The molecule has 0 bridgehead atoms. The number of benzene rings is 2. The zero-order valence-electron chi connectivity index (χ0n) is 14.7. The Morgan fingerprint density at radius 1 is 1.04 bits per heavy atom. The first kappa shape index (κ1) is 18.8. The molecule has 9 heteroatoms. The summed E-state index contributed by atoms with van der Waals surface area (Å²) in [5, 5.41) is 0.739. The van der Waals surface area contributed by atoms with Crippen molar-refractivity contribution in [2.45, 2.75) is 17.9 Å². The van der Waals surface area contributed by atoms with Crippen LogP contribution in [-0.2, 0) is 10.0 Å². The van der Waals surface area contributed by atoms with Gasteiger partial charge in [-0.1, -0.05) is 35.9 Å². The fraction of sp³-hybridized carbons (Fsp3) is 0.333. The highest BCUT2D eigenvalue weighted by Gasteiger charge is 2.32. The molecule has 142 valence electrons. The van der Waals surface area contributed by atoms with Crippen molar-refractivity contribution in [3.8, 4) is 0 Å². The van der Waals surface area contributed by atoms with Gasteiger partial charge in [-0.25, -0.2) is 8.42 Å². The molecule has 0 saturated carbocycles. The van der Waals surface area contributed by atoms with Crippen LogP contribution >= 0.6 is 23.3 Å². The number of aromatic nitrogens is 2. The van der Waals surface area contributed by atoms with Crippen LogP contribution in [0.2, 0.25) is 5.02 Å². The summed E-state index contributed by atoms with van der Waals surface area (Å²) in [6, 6.07) is 13.0. The summed E-state index contributed by atoms with van der Waals surface area (Å²) < 4.78 is 36.1. The molecule has 2 aromatic carbocycles. The maximum Gasteiger partial charge on any atom is 0.245 e. The number of piperazine rings is 1. The molecular formula is C18H19ClN4O2S2. The molecule has 2 heterocycles. The van der Waals surface area contributed by atoms with Gasteiger partial charge in [0.15, 0.2) is 0 Å². The number of nitrogens with zero attached hydrogens (tertiary/aromatic N) is 4. The van der Waals surface area contributed by atoms with Crippen molar-refractivity contribution in [2.75, 3.05) is 26.2 Å². The summed E-state index contributed by atoms with van der Waals surface area (Å²) in [4.78, 5) is 2.50. The van der Waals surface area contributed by atoms with Gasteiger partial charge in [0.1, 0.15) is 15.9 Å². The summed E-state index contributed by atoms with van der Waals surface area (Å²) in [5.41, 5.74) is 2.13. The molecule has 1 saturated heterocycles. The summed E-state index contributed by atoms with van der Waals surface area (Å²) in [5.74, 6) is 0. The van der Waals surface area contributed by atoms with E-state index in [0.717, 1.165) is 22.3 Å². The van der Waals surface area contributed by atoms with Gasteiger partial charge in [-0.05, 0) is 30.7 Å². The van der Waals surface area contributed by atoms with Gasteiger partial charge in [-0.2, -0.15) is 13.1 Å². The van der Waals surface area contributed by atoms with Gasteiger partial charge in [0.25, 0.3) is 0 Å². The minimum absolute atomic E-state index is 0.134. The van der Waals surface area contributed by atoms with E-state index in [0.29, 0.717) is 37.2 Å². The number of fused-ring (bicyclic) bond motifs is 1. The summed E-state index contributed by atoms with van der Waals surface area (Å²) in [6.07, 6.45) is 0. The maximum absolute atomic E-state index is 13.1. The Morgan fingerprint density at radius 2 is 1.78 bits per heavy atom. The van der Waals surface area contributed by atoms with Crippen LogP contribution in [0.25, 0.3) is 11.0 Å². The van der Waals surface area contributed by atoms with E-state index >= 15 is 0 Å². The predicted molar refractivity (Wildman–Crippen MR) is 108 cm³/mol. The molecular weight excluding hydrogens is 404 g/mol. The average molecular weight is 423 g/mol. The number of rotatable bonds is 4. The third-order valence-electron chi connectivity index (χ3n) is 5.04. The van der Waals surface area contributed by atoms with E-state index in [-0.39, 0.29) is 10.9 Å². The third-order valence-corrected chi connectivity index (χ3v) is 7.86. The zero-order valence-corrected chi connectivity index (χ0v) is 17.1. The van der Waals surface area contributed by atoms with Crippen molar-refractivity contribution < 1.29 is 8.42 Å². The lowest BCUT2D eigenvalue weighted by molar-refractivity contribution is 0.146. The van der Waals surface area contributed by atoms with Crippen LogP contribution in [0.5, 0.6) is 0 Å². The molecule has 0 aliphatic carbocycles. The number of sulfonamides is 1. The fourth-order valence-electron chi connectivity index (χ4n) is 3.47. The van der Waals surface area contributed by atoms with Gasteiger partial charge in [0, 0.05) is 37.2 Å². The molecule has 0 radical (unpaired) electrons. The summed E-state index contributed by atoms with van der Waals surface area (Å²) in [6.45, 7) is 4.27. The molecule has 4 rings (SSSR count). The van der Waals surface area contributed by atoms with E-state index < -0.39 is 10.0 Å². The quantitative estimate of drug-likeness (QED) is 0.644. The Morgan fingerprint density at radius 3 is 2.52 bits per heavy atom. The molecule has 3 aromatic rings. The van der Waals surface area contributed by atoms with Gasteiger partial charge in [0.05, 0.1) is 11.7 Å². The topological polar surface area (TPSA) is 66.4 Å². The first-order valence-corrected chi connectivity index (χ1v) is 11.2. The van der Waals surface area contributed by atoms with Crippen LogP contribution in [-0.4, -0.2) is 52.5 Å². The molecule has 0 unspecified atom stereocenters. The molecule has 1 atom stereocenters. The highest BCUT2D eigenvalue weighted by atomic mass is 35.5. The highest BCUT2D eigenvalue weighted by molar-refractivity contribution is 7.89. The largest absolute Gasteiger partial charge is 0.294 e. The Labute approximate surface area is 167 Å². The second-order valence-electron chi connectivity index (χ2n) is 6.53. The summed E-state index contributed by atoms with van der Waals surface area (Å²) >= 11 is 7.35. The normalized spacial score (nSPS) is 18.0. The highest BCUT2D eigenvalue weighted by Crippen LogP contribution is 2.30. The lowest BCUT2D eigenvalue weighted by Crippen LogP contribution is -2.49. The lowest BCUT2D eigenvalue weighted by Gasteiger charge is -2.37. The van der Waals surface area contributed by atoms with E-state index in [2.05, 4.69) is 20.6 Å². The molecule has 6 nitrogen and oxygen atoms in total. The first-order chi connectivity index (χ1) is 13.0. The second kappa shape index (κ2) is 7.44. The minimum atomic E-state index is -3.60. The van der Waals surface area contributed by atoms with Crippen molar-refractivity contribution in [2.24, 2.45) is 0 Å². The van der Waals surface area contributed by atoms with Crippen LogP contribution in [0.1, 0.15) is 18.5 Å². The van der Waals surface area contributed by atoms with Crippen molar-refractivity contribution in [1.82, 2.24) is 18.0 Å². The molecule has 27 heavy (non-hydrogen) atoms. The van der Waals surface area contributed by atoms with E-state index in [4.69, 9.17) is 11.6 Å². The first-order valence-electron chi connectivity index (χ1n) is 8.68. The van der Waals surface area contributed by atoms with E-state index in [1.807, 2.05) is 24.3 Å². The smallest absolute Gasteiger partial charge is 0.245 e. The Kier molecular flexibility index (Phi) is 5.17. The second-order valence-corrected chi connectivity index (χ2v) is 9.37. The number of hydrogen-bond donors (Lipinski definition) is 0. The molecule has 0 spiro atoms. The van der Waals surface area contributed by atoms with E-state index in [1.54, 1.807) is 18.2 Å². The molecule has 1 aliphatic heterocycles. The Balaban J connectivity index is 1.52. The monoisotopic (exact) mass is 422 g/mol. The van der Waals surface area contributed by atoms with Gasteiger partial charge >= 0.3 is 0 Å². The van der Waals surface area contributed by atoms with Gasteiger partial charge in [-0.3, -0.25) is 4.90 Å². The number of halogens is 1. The van der Waals surface area contributed by atoms with Gasteiger partial charge in [0.2, 0.25) is 10.0 Å². The third kappa shape index (κ3) is 3.48. The van der Waals surface area contributed by atoms with Crippen LogP contribution < -0.4 is 0 Å². The molecule has 1 aliphatic rings. The average Bonchev–Trinajstić information content (AvgIpc) is 3.16.